The van der Waals surface area contributed by atoms with E-state index in [4.69, 9.17) is 16.3 Å². The number of morpholine rings is 1. The molecule has 3 heterocycles. The number of hydrogen-bond acceptors (Lipinski definition) is 6. The number of alkyl halides is 3. The topological polar surface area (TPSA) is 114 Å². The number of rotatable bonds is 7. The van der Waals surface area contributed by atoms with Crippen LogP contribution in [0.1, 0.15) is 27.2 Å². The van der Waals surface area contributed by atoms with E-state index in [-0.39, 0.29) is 47.0 Å². The van der Waals surface area contributed by atoms with Crippen molar-refractivity contribution in [2.45, 2.75) is 38.5 Å². The van der Waals surface area contributed by atoms with Gasteiger partial charge in [-0.05, 0) is 49.2 Å². The second-order valence-corrected chi connectivity index (χ2v) is 11.5. The van der Waals surface area contributed by atoms with Gasteiger partial charge in [0.25, 0.3) is 11.5 Å². The lowest BCUT2D eigenvalue weighted by Crippen LogP contribution is -2.53. The number of benzene rings is 2. The fourth-order valence-corrected chi connectivity index (χ4v) is 5.99. The SMILES string of the molecule is Cc1cc(N2CCOC[C@@H]2C(F)(F)F)cc(F)c1C(=O)N[C@@H](Cc1ccc(-c2c(Cl)cc(C)n(C)c2=O)c2ncccc12)C(=O)O. The first-order chi connectivity index (χ1) is 21.7. The molecule has 0 unspecified atom stereocenters. The van der Waals surface area contributed by atoms with Crippen LogP contribution < -0.4 is 15.8 Å². The molecule has 5 rings (SSSR count). The van der Waals surface area contributed by atoms with Gasteiger partial charge < -0.3 is 24.6 Å². The van der Waals surface area contributed by atoms with Crippen LogP contribution in [0.4, 0.5) is 23.2 Å². The Bertz CT molecular complexity index is 1890. The zero-order valence-electron chi connectivity index (χ0n) is 24.9. The van der Waals surface area contributed by atoms with Crippen LogP contribution in [0, 0.1) is 19.7 Å². The largest absolute Gasteiger partial charge is 0.480 e. The van der Waals surface area contributed by atoms with E-state index in [1.807, 2.05) is 0 Å². The van der Waals surface area contributed by atoms with E-state index in [1.54, 1.807) is 44.3 Å². The number of nitrogens with one attached hydrogen (secondary N) is 1. The van der Waals surface area contributed by atoms with Crippen molar-refractivity contribution in [3.05, 3.63) is 92.2 Å². The second kappa shape index (κ2) is 12.7. The number of pyridine rings is 2. The molecule has 0 saturated carbocycles. The van der Waals surface area contributed by atoms with Gasteiger partial charge in [0.15, 0.2) is 0 Å². The number of halogens is 5. The number of carboxylic acids is 1. The van der Waals surface area contributed by atoms with Crippen LogP contribution in [0.25, 0.3) is 22.0 Å². The highest BCUT2D eigenvalue weighted by molar-refractivity contribution is 6.33. The third kappa shape index (κ3) is 6.29. The predicted octanol–water partition coefficient (Wildman–Crippen LogP) is 5.20. The molecular formula is C32H29ClF4N4O5. The first-order valence-corrected chi connectivity index (χ1v) is 14.5. The Kier molecular flexibility index (Phi) is 9.09. The number of aromatic nitrogens is 2. The smallest absolute Gasteiger partial charge is 0.411 e. The molecular weight excluding hydrogens is 632 g/mol. The zero-order valence-corrected chi connectivity index (χ0v) is 25.7. The van der Waals surface area contributed by atoms with Crippen LogP contribution in [-0.2, 0) is 23.0 Å². The van der Waals surface area contributed by atoms with Gasteiger partial charge in [0.05, 0.1) is 34.9 Å². The number of carbonyl (C=O) groups is 2. The molecule has 46 heavy (non-hydrogen) atoms. The summed E-state index contributed by atoms with van der Waals surface area (Å²) in [4.78, 5) is 44.1. The summed E-state index contributed by atoms with van der Waals surface area (Å²) >= 11 is 6.47. The first kappa shape index (κ1) is 32.9. The third-order valence-corrected chi connectivity index (χ3v) is 8.41. The predicted molar refractivity (Wildman–Crippen MR) is 164 cm³/mol. The van der Waals surface area contributed by atoms with Crippen molar-refractivity contribution in [2.24, 2.45) is 7.05 Å². The highest BCUT2D eigenvalue weighted by Gasteiger charge is 2.45. The number of nitrogens with zero attached hydrogens (tertiary/aromatic N) is 3. The quantitative estimate of drug-likeness (QED) is 0.262. The third-order valence-electron chi connectivity index (χ3n) is 8.12. The van der Waals surface area contributed by atoms with Gasteiger partial charge in [-0.1, -0.05) is 29.8 Å². The molecule has 0 bridgehead atoms. The van der Waals surface area contributed by atoms with Crippen molar-refractivity contribution in [1.82, 2.24) is 14.9 Å². The molecule has 9 nitrogen and oxygen atoms in total. The maximum atomic E-state index is 15.4. The maximum absolute atomic E-state index is 15.4. The van der Waals surface area contributed by atoms with Crippen molar-refractivity contribution in [3.63, 3.8) is 0 Å². The molecule has 1 amide bonds. The highest BCUT2D eigenvalue weighted by atomic mass is 35.5. The second-order valence-electron chi connectivity index (χ2n) is 11.1. The van der Waals surface area contributed by atoms with Crippen LogP contribution in [0.15, 0.2) is 53.5 Å². The molecule has 1 aliphatic heterocycles. The number of aliphatic carboxylic acids is 1. The van der Waals surface area contributed by atoms with Crippen LogP contribution in [0.2, 0.25) is 5.02 Å². The molecule has 1 aliphatic rings. The molecule has 0 spiro atoms. The van der Waals surface area contributed by atoms with Crippen molar-refractivity contribution in [2.75, 3.05) is 24.7 Å². The number of amides is 1. The van der Waals surface area contributed by atoms with Gasteiger partial charge in [-0.15, -0.1) is 0 Å². The zero-order chi connectivity index (χ0) is 33.5. The van der Waals surface area contributed by atoms with Crippen LogP contribution in [-0.4, -0.2) is 64.6 Å². The Hall–Kier alpha value is -4.49. The molecule has 1 fully saturated rings. The van der Waals surface area contributed by atoms with Gasteiger partial charge in [-0.25, -0.2) is 9.18 Å². The number of carbonyl (C=O) groups excluding carboxylic acids is 1. The lowest BCUT2D eigenvalue weighted by molar-refractivity contribution is -0.167. The van der Waals surface area contributed by atoms with Gasteiger partial charge in [-0.2, -0.15) is 13.2 Å². The number of fused-ring (bicyclic) bond motifs is 1. The summed E-state index contributed by atoms with van der Waals surface area (Å²) in [6.07, 6.45) is -3.35. The molecule has 2 atom stereocenters. The minimum atomic E-state index is -4.63. The maximum Gasteiger partial charge on any atom is 0.411 e. The summed E-state index contributed by atoms with van der Waals surface area (Å²) in [5, 5.41) is 13.1. The van der Waals surface area contributed by atoms with E-state index in [9.17, 15) is 32.7 Å². The average Bonchev–Trinajstić information content (AvgIpc) is 2.99. The van der Waals surface area contributed by atoms with Crippen LogP contribution >= 0.6 is 11.6 Å². The number of carboxylic acid groups (broad SMARTS) is 1. The van der Waals surface area contributed by atoms with E-state index in [0.29, 0.717) is 27.7 Å². The standard InChI is InChI=1S/C32H29ClF4N4O5/c1-16-11-19(41-9-10-46-15-25(41)32(35,36)37)14-23(34)26(16)29(42)39-24(31(44)45)13-18-6-7-21(28-20(18)5-4-8-38-28)27-22(33)12-17(2)40(3)30(27)43/h4-8,11-12,14,24-25H,9-10,13,15H2,1-3H3,(H,39,42)(H,44,45)/t24-,25+/m0/s1. The van der Waals surface area contributed by atoms with Gasteiger partial charge in [0.1, 0.15) is 17.9 Å². The minimum Gasteiger partial charge on any atom is -0.480 e. The Balaban J connectivity index is 1.45. The van der Waals surface area contributed by atoms with Crippen LogP contribution in [0.3, 0.4) is 0 Å². The Labute approximate surface area is 265 Å². The monoisotopic (exact) mass is 660 g/mol. The molecule has 0 radical (unpaired) electrons. The molecule has 14 heteroatoms. The molecule has 2 aromatic carbocycles. The normalized spacial score (nSPS) is 16.0. The molecule has 1 saturated heterocycles. The highest BCUT2D eigenvalue weighted by Crippen LogP contribution is 2.34. The minimum absolute atomic E-state index is 0.00959. The van der Waals surface area contributed by atoms with Crippen molar-refractivity contribution in [3.8, 4) is 11.1 Å². The van der Waals surface area contributed by atoms with Gasteiger partial charge in [-0.3, -0.25) is 14.6 Å². The number of ether oxygens (including phenoxy) is 1. The van der Waals surface area contributed by atoms with Crippen molar-refractivity contribution < 1.29 is 37.0 Å². The van der Waals surface area contributed by atoms with E-state index in [1.165, 1.54) is 23.8 Å². The Morgan fingerprint density at radius 2 is 1.93 bits per heavy atom. The number of anilines is 1. The van der Waals surface area contributed by atoms with E-state index >= 15 is 4.39 Å². The fraction of sp³-hybridized carbons (Fsp3) is 0.312. The molecule has 2 N–H and O–H groups in total. The summed E-state index contributed by atoms with van der Waals surface area (Å²) in [6, 6.07) is 6.77. The average molecular weight is 661 g/mol. The summed E-state index contributed by atoms with van der Waals surface area (Å²) in [5.74, 6) is -3.54. The first-order valence-electron chi connectivity index (χ1n) is 14.2. The summed E-state index contributed by atoms with van der Waals surface area (Å²) in [6.45, 7) is 2.36. The molecule has 4 aromatic rings. The van der Waals surface area contributed by atoms with Gasteiger partial charge in [0.2, 0.25) is 0 Å². The van der Waals surface area contributed by atoms with E-state index in [0.717, 1.165) is 11.0 Å². The number of hydrogen-bond donors (Lipinski definition) is 2. The Morgan fingerprint density at radius 3 is 2.61 bits per heavy atom. The lowest BCUT2D eigenvalue weighted by atomic mass is 9.95. The van der Waals surface area contributed by atoms with Crippen molar-refractivity contribution >= 4 is 40.1 Å². The van der Waals surface area contributed by atoms with E-state index in [2.05, 4.69) is 10.3 Å². The van der Waals surface area contributed by atoms with E-state index < -0.39 is 48.1 Å². The van der Waals surface area contributed by atoms with Crippen molar-refractivity contribution in [1.29, 1.82) is 0 Å². The summed E-state index contributed by atoms with van der Waals surface area (Å²) < 4.78 is 62.6. The number of aryl methyl sites for hydroxylation is 2. The fourth-order valence-electron chi connectivity index (χ4n) is 5.65. The summed E-state index contributed by atoms with van der Waals surface area (Å²) in [5.41, 5.74) is 1.29. The molecule has 0 aliphatic carbocycles. The lowest BCUT2D eigenvalue weighted by Gasteiger charge is -2.38. The summed E-state index contributed by atoms with van der Waals surface area (Å²) in [7, 11) is 1.61. The molecule has 242 valence electrons. The van der Waals surface area contributed by atoms with Gasteiger partial charge in [0, 0.05) is 48.5 Å². The Morgan fingerprint density at radius 1 is 1.20 bits per heavy atom. The molecule has 2 aromatic heterocycles. The van der Waals surface area contributed by atoms with Gasteiger partial charge >= 0.3 is 12.1 Å². The van der Waals surface area contributed by atoms with Crippen LogP contribution in [0.5, 0.6) is 0 Å².